The van der Waals surface area contributed by atoms with Crippen molar-refractivity contribution in [2.75, 3.05) is 39.4 Å². The maximum absolute atomic E-state index is 10.5. The average molecular weight is 435 g/mol. The number of ether oxygens (including phenoxy) is 1. The van der Waals surface area contributed by atoms with Gasteiger partial charge in [0.25, 0.3) is 0 Å². The molecular formula is C26H34N4O2. The van der Waals surface area contributed by atoms with Gasteiger partial charge in [-0.1, -0.05) is 61.5 Å². The Hall–Kier alpha value is -2.51. The van der Waals surface area contributed by atoms with Crippen LogP contribution in [0.5, 0.6) is 0 Å². The summed E-state index contributed by atoms with van der Waals surface area (Å²) in [7, 11) is 0. The van der Waals surface area contributed by atoms with Gasteiger partial charge in [-0.15, -0.1) is 0 Å². The fraction of sp³-hybridized carbons (Fsp3) is 0.423. The second-order valence-corrected chi connectivity index (χ2v) is 8.43. The van der Waals surface area contributed by atoms with Gasteiger partial charge in [0.15, 0.2) is 0 Å². The molecule has 0 amide bonds. The summed E-state index contributed by atoms with van der Waals surface area (Å²) < 4.78 is 7.40. The zero-order valence-electron chi connectivity index (χ0n) is 18.9. The van der Waals surface area contributed by atoms with Crippen molar-refractivity contribution in [3.8, 4) is 11.3 Å². The number of β-amino-alcohol motifs (C(OH)–C–C–N with tert-alkyl or cyclic N) is 1. The molecule has 6 heteroatoms. The molecule has 170 valence electrons. The van der Waals surface area contributed by atoms with E-state index in [4.69, 9.17) is 9.84 Å². The molecule has 0 aliphatic carbocycles. The highest BCUT2D eigenvalue weighted by molar-refractivity contribution is 5.63. The van der Waals surface area contributed by atoms with Crippen LogP contribution >= 0.6 is 0 Å². The summed E-state index contributed by atoms with van der Waals surface area (Å²) in [6.45, 7) is 8.08. The zero-order chi connectivity index (χ0) is 22.2. The van der Waals surface area contributed by atoms with Crippen molar-refractivity contribution < 1.29 is 9.84 Å². The number of hydrogen-bond donors (Lipinski definition) is 2. The van der Waals surface area contributed by atoms with Gasteiger partial charge >= 0.3 is 0 Å². The number of morpholine rings is 1. The van der Waals surface area contributed by atoms with Gasteiger partial charge in [0.05, 0.1) is 31.6 Å². The van der Waals surface area contributed by atoms with Crippen molar-refractivity contribution in [3.05, 3.63) is 77.5 Å². The van der Waals surface area contributed by atoms with Crippen LogP contribution in [-0.4, -0.2) is 65.3 Å². The van der Waals surface area contributed by atoms with E-state index in [-0.39, 0.29) is 0 Å². The molecule has 2 heterocycles. The number of aryl methyl sites for hydroxylation is 1. The molecule has 1 saturated heterocycles. The minimum absolute atomic E-state index is 0.403. The minimum Gasteiger partial charge on any atom is -0.390 e. The molecule has 4 rings (SSSR count). The molecule has 1 atom stereocenters. The maximum Gasteiger partial charge on any atom is 0.0968 e. The molecule has 0 bridgehead atoms. The van der Waals surface area contributed by atoms with Crippen LogP contribution in [0.25, 0.3) is 11.3 Å². The summed E-state index contributed by atoms with van der Waals surface area (Å²) in [5.41, 5.74) is 5.81. The lowest BCUT2D eigenvalue weighted by Gasteiger charge is -2.28. The molecule has 0 radical (unpaired) electrons. The predicted molar refractivity (Wildman–Crippen MR) is 128 cm³/mol. The quantitative estimate of drug-likeness (QED) is 0.514. The van der Waals surface area contributed by atoms with Crippen molar-refractivity contribution in [3.63, 3.8) is 0 Å². The van der Waals surface area contributed by atoms with E-state index in [1.807, 2.05) is 10.7 Å². The zero-order valence-corrected chi connectivity index (χ0v) is 18.9. The Morgan fingerprint density at radius 2 is 1.78 bits per heavy atom. The molecule has 1 fully saturated rings. The number of aliphatic hydroxyl groups is 1. The van der Waals surface area contributed by atoms with Crippen LogP contribution in [0.2, 0.25) is 0 Å². The molecule has 1 aliphatic rings. The van der Waals surface area contributed by atoms with E-state index in [0.29, 0.717) is 19.6 Å². The van der Waals surface area contributed by atoms with Gasteiger partial charge in [-0.25, -0.2) is 0 Å². The first-order valence-electron chi connectivity index (χ1n) is 11.6. The van der Waals surface area contributed by atoms with Crippen LogP contribution in [0, 0.1) is 0 Å². The summed E-state index contributed by atoms with van der Waals surface area (Å²) in [5.74, 6) is 0. The fourth-order valence-corrected chi connectivity index (χ4v) is 4.10. The van der Waals surface area contributed by atoms with Crippen molar-refractivity contribution in [2.45, 2.75) is 32.5 Å². The summed E-state index contributed by atoms with van der Waals surface area (Å²) in [6.07, 6.45) is 2.75. The largest absolute Gasteiger partial charge is 0.390 e. The smallest absolute Gasteiger partial charge is 0.0968 e. The van der Waals surface area contributed by atoms with Crippen molar-refractivity contribution in [1.29, 1.82) is 0 Å². The molecule has 6 nitrogen and oxygen atoms in total. The van der Waals surface area contributed by atoms with E-state index >= 15 is 0 Å². The molecular weight excluding hydrogens is 400 g/mol. The molecule has 2 aromatic carbocycles. The Morgan fingerprint density at radius 3 is 2.50 bits per heavy atom. The topological polar surface area (TPSA) is 62.5 Å². The molecule has 3 aromatic rings. The number of aromatic nitrogens is 2. The second kappa shape index (κ2) is 11.4. The maximum atomic E-state index is 10.5. The molecule has 1 aliphatic heterocycles. The fourth-order valence-electron chi connectivity index (χ4n) is 4.10. The van der Waals surface area contributed by atoms with Gasteiger partial charge in [-0.2, -0.15) is 5.10 Å². The standard InChI is InChI=1S/C26H34N4O2/c1-2-21-8-10-23(11-9-21)26-24(19-30(28-26)18-22-6-4-3-5-7-22)16-27-17-25(31)20-29-12-14-32-15-13-29/h3-11,19,25,27,31H,2,12-18,20H2,1H3/t25-/m0/s1. The molecule has 0 saturated carbocycles. The number of benzene rings is 2. The lowest BCUT2D eigenvalue weighted by atomic mass is 10.0. The summed E-state index contributed by atoms with van der Waals surface area (Å²) in [5, 5.41) is 18.8. The molecule has 32 heavy (non-hydrogen) atoms. The Bertz CT molecular complexity index is 950. The third kappa shape index (κ3) is 6.26. The lowest BCUT2D eigenvalue weighted by Crippen LogP contribution is -2.43. The number of nitrogens with one attached hydrogen (secondary N) is 1. The van der Waals surface area contributed by atoms with Crippen LogP contribution in [0.3, 0.4) is 0 Å². The number of hydrogen-bond acceptors (Lipinski definition) is 5. The number of rotatable bonds is 10. The first-order valence-corrected chi connectivity index (χ1v) is 11.6. The molecule has 0 unspecified atom stereocenters. The van der Waals surface area contributed by atoms with E-state index in [2.05, 4.69) is 71.9 Å². The van der Waals surface area contributed by atoms with Gasteiger partial charge in [-0.05, 0) is 17.5 Å². The average Bonchev–Trinajstić information content (AvgIpc) is 3.22. The van der Waals surface area contributed by atoms with E-state index in [1.54, 1.807) is 0 Å². The summed E-state index contributed by atoms with van der Waals surface area (Å²) in [4.78, 5) is 2.26. The second-order valence-electron chi connectivity index (χ2n) is 8.43. The van der Waals surface area contributed by atoms with E-state index in [1.165, 1.54) is 11.1 Å². The van der Waals surface area contributed by atoms with Crippen LogP contribution in [0.15, 0.2) is 60.8 Å². The van der Waals surface area contributed by atoms with Crippen LogP contribution in [-0.2, 0) is 24.2 Å². The minimum atomic E-state index is -0.403. The highest BCUT2D eigenvalue weighted by Crippen LogP contribution is 2.23. The summed E-state index contributed by atoms with van der Waals surface area (Å²) in [6, 6.07) is 19.1. The Labute approximate surface area is 190 Å². The molecule has 0 spiro atoms. The summed E-state index contributed by atoms with van der Waals surface area (Å²) >= 11 is 0. The van der Waals surface area contributed by atoms with E-state index in [0.717, 1.165) is 56.1 Å². The number of nitrogens with zero attached hydrogens (tertiary/aromatic N) is 3. The first kappa shape index (κ1) is 22.7. The monoisotopic (exact) mass is 434 g/mol. The van der Waals surface area contributed by atoms with Gasteiger partial charge in [-0.3, -0.25) is 9.58 Å². The van der Waals surface area contributed by atoms with Gasteiger partial charge in [0.1, 0.15) is 0 Å². The first-order chi connectivity index (χ1) is 15.7. The normalized spacial score (nSPS) is 15.7. The third-order valence-corrected chi connectivity index (χ3v) is 5.93. The van der Waals surface area contributed by atoms with Gasteiger partial charge in [0.2, 0.25) is 0 Å². The molecule has 2 N–H and O–H groups in total. The van der Waals surface area contributed by atoms with E-state index < -0.39 is 6.10 Å². The van der Waals surface area contributed by atoms with Crippen molar-refractivity contribution in [2.24, 2.45) is 0 Å². The van der Waals surface area contributed by atoms with Gasteiger partial charge in [0, 0.05) is 50.0 Å². The van der Waals surface area contributed by atoms with Crippen LogP contribution in [0.4, 0.5) is 0 Å². The van der Waals surface area contributed by atoms with Gasteiger partial charge < -0.3 is 15.2 Å². The lowest BCUT2D eigenvalue weighted by molar-refractivity contribution is 0.0149. The predicted octanol–water partition coefficient (Wildman–Crippen LogP) is 2.94. The van der Waals surface area contributed by atoms with Crippen molar-refractivity contribution >= 4 is 0 Å². The highest BCUT2D eigenvalue weighted by atomic mass is 16.5. The Kier molecular flexibility index (Phi) is 8.07. The molecule has 1 aromatic heterocycles. The Morgan fingerprint density at radius 1 is 1.03 bits per heavy atom. The Balaban J connectivity index is 1.43. The van der Waals surface area contributed by atoms with E-state index in [9.17, 15) is 5.11 Å². The van der Waals surface area contributed by atoms with Crippen LogP contribution < -0.4 is 5.32 Å². The SMILES string of the molecule is CCc1ccc(-c2nn(Cc3ccccc3)cc2CNC[C@H](O)CN2CCOCC2)cc1. The number of aliphatic hydroxyl groups excluding tert-OH is 1. The third-order valence-electron chi connectivity index (χ3n) is 5.93. The van der Waals surface area contributed by atoms with Crippen molar-refractivity contribution in [1.82, 2.24) is 20.0 Å². The highest BCUT2D eigenvalue weighted by Gasteiger charge is 2.16. The van der Waals surface area contributed by atoms with Crippen LogP contribution in [0.1, 0.15) is 23.6 Å².